The van der Waals surface area contributed by atoms with Crippen molar-refractivity contribution in [2.24, 2.45) is 0 Å². The largest absolute Gasteiger partial charge is 0.478 e. The van der Waals surface area contributed by atoms with E-state index >= 15 is 0 Å². The molecule has 2 rings (SSSR count). The molecule has 0 fully saturated rings. The molecule has 6 heteroatoms. The summed E-state index contributed by atoms with van der Waals surface area (Å²) in [7, 11) is -1.47. The highest BCUT2D eigenvalue weighted by atomic mass is 35.5. The Balaban J connectivity index is 2.26. The summed E-state index contributed by atoms with van der Waals surface area (Å²) < 4.78 is 25.2. The van der Waals surface area contributed by atoms with Gasteiger partial charge < -0.3 is 5.11 Å². The lowest BCUT2D eigenvalue weighted by Gasteiger charge is -2.05. The second-order valence-electron chi connectivity index (χ2n) is 4.07. The van der Waals surface area contributed by atoms with E-state index in [1.165, 1.54) is 36.4 Å². The first-order chi connectivity index (χ1) is 9.47. The Kier molecular flexibility index (Phi) is 4.52. The van der Waals surface area contributed by atoms with Gasteiger partial charge in [0.2, 0.25) is 0 Å². The van der Waals surface area contributed by atoms with E-state index in [1.54, 1.807) is 6.07 Å². The number of carboxylic acids is 1. The molecular weight excluding hydrogens is 303 g/mol. The number of halogens is 2. The monoisotopic (exact) mass is 312 g/mol. The van der Waals surface area contributed by atoms with Gasteiger partial charge in [0.15, 0.2) is 0 Å². The lowest BCUT2D eigenvalue weighted by molar-refractivity contribution is 0.0697. The van der Waals surface area contributed by atoms with Crippen LogP contribution in [0.25, 0.3) is 0 Å². The lowest BCUT2D eigenvalue weighted by Crippen LogP contribution is -2.02. The molecule has 2 aromatic rings. The van der Waals surface area contributed by atoms with Crippen LogP contribution in [0.5, 0.6) is 0 Å². The predicted octanol–water partition coefficient (Wildman–Crippen LogP) is 3.49. The topological polar surface area (TPSA) is 54.4 Å². The molecule has 20 heavy (non-hydrogen) atoms. The molecule has 1 unspecified atom stereocenters. The molecule has 3 nitrogen and oxygen atoms in total. The first-order valence-electron chi connectivity index (χ1n) is 5.63. The summed E-state index contributed by atoms with van der Waals surface area (Å²) in [5.74, 6) is -1.47. The summed E-state index contributed by atoms with van der Waals surface area (Å²) in [4.78, 5) is 11.3. The summed E-state index contributed by atoms with van der Waals surface area (Å²) in [6, 6.07) is 9.97. The molecule has 0 aliphatic heterocycles. The Labute approximate surface area is 122 Å². The van der Waals surface area contributed by atoms with Crippen LogP contribution in [-0.2, 0) is 16.6 Å². The SMILES string of the molecule is O=C(O)c1cc(S(=O)Cc2cccc(F)c2)ccc1Cl. The van der Waals surface area contributed by atoms with Crippen LogP contribution >= 0.6 is 11.6 Å². The zero-order valence-electron chi connectivity index (χ0n) is 10.2. The van der Waals surface area contributed by atoms with Crippen LogP contribution in [0, 0.1) is 5.82 Å². The molecule has 0 saturated heterocycles. The number of aromatic carboxylic acids is 1. The molecular formula is C14H10ClFO3S. The van der Waals surface area contributed by atoms with E-state index in [2.05, 4.69) is 0 Å². The fourth-order valence-corrected chi connectivity index (χ4v) is 2.99. The Morgan fingerprint density at radius 2 is 2.00 bits per heavy atom. The normalized spacial score (nSPS) is 12.1. The van der Waals surface area contributed by atoms with Gasteiger partial charge in [0.1, 0.15) is 5.82 Å². The number of carbonyl (C=O) groups is 1. The second kappa shape index (κ2) is 6.15. The van der Waals surface area contributed by atoms with E-state index in [-0.39, 0.29) is 16.3 Å². The first-order valence-corrected chi connectivity index (χ1v) is 7.33. The van der Waals surface area contributed by atoms with Crippen molar-refractivity contribution in [1.82, 2.24) is 0 Å². The third-order valence-electron chi connectivity index (χ3n) is 2.62. The van der Waals surface area contributed by atoms with Gasteiger partial charge in [0.05, 0.1) is 27.1 Å². The molecule has 0 saturated carbocycles. The minimum Gasteiger partial charge on any atom is -0.478 e. The number of hydrogen-bond acceptors (Lipinski definition) is 2. The van der Waals surface area contributed by atoms with Crippen molar-refractivity contribution in [2.75, 3.05) is 0 Å². The third-order valence-corrected chi connectivity index (χ3v) is 4.32. The molecule has 0 spiro atoms. The highest BCUT2D eigenvalue weighted by molar-refractivity contribution is 7.84. The minimum atomic E-state index is -1.47. The van der Waals surface area contributed by atoms with E-state index in [1.807, 2.05) is 0 Å². The van der Waals surface area contributed by atoms with Crippen LogP contribution in [0.15, 0.2) is 47.4 Å². The van der Waals surface area contributed by atoms with Gasteiger partial charge >= 0.3 is 5.97 Å². The van der Waals surface area contributed by atoms with Gasteiger partial charge in [0.25, 0.3) is 0 Å². The maximum atomic E-state index is 13.0. The highest BCUT2D eigenvalue weighted by Gasteiger charge is 2.13. The number of rotatable bonds is 4. The van der Waals surface area contributed by atoms with E-state index in [9.17, 15) is 13.4 Å². The average molecular weight is 313 g/mol. The Hall–Kier alpha value is -1.72. The molecule has 104 valence electrons. The summed E-state index contributed by atoms with van der Waals surface area (Å²) in [6.45, 7) is 0. The van der Waals surface area contributed by atoms with Crippen LogP contribution in [0.2, 0.25) is 5.02 Å². The molecule has 0 amide bonds. The van der Waals surface area contributed by atoms with Gasteiger partial charge in [-0.15, -0.1) is 0 Å². The van der Waals surface area contributed by atoms with E-state index < -0.39 is 22.6 Å². The molecule has 0 aliphatic rings. The van der Waals surface area contributed by atoms with Crippen molar-refractivity contribution in [2.45, 2.75) is 10.6 Å². The Bertz CT molecular complexity index is 688. The molecule has 1 atom stereocenters. The lowest BCUT2D eigenvalue weighted by atomic mass is 10.2. The molecule has 0 bridgehead atoms. The summed E-state index contributed by atoms with van der Waals surface area (Å²) in [6.07, 6.45) is 0. The zero-order chi connectivity index (χ0) is 14.7. The quantitative estimate of drug-likeness (QED) is 0.940. The molecule has 1 N–H and O–H groups in total. The van der Waals surface area contributed by atoms with Crippen LogP contribution < -0.4 is 0 Å². The molecule has 0 aromatic heterocycles. The molecule has 0 heterocycles. The van der Waals surface area contributed by atoms with Crippen LogP contribution in [0.1, 0.15) is 15.9 Å². The van der Waals surface area contributed by atoms with Crippen molar-refractivity contribution >= 4 is 28.4 Å². The van der Waals surface area contributed by atoms with E-state index in [4.69, 9.17) is 16.7 Å². The average Bonchev–Trinajstić information content (AvgIpc) is 2.38. The first kappa shape index (κ1) is 14.7. The van der Waals surface area contributed by atoms with E-state index in [0.29, 0.717) is 10.5 Å². The Morgan fingerprint density at radius 1 is 1.25 bits per heavy atom. The van der Waals surface area contributed by atoms with Crippen LogP contribution in [0.3, 0.4) is 0 Å². The van der Waals surface area contributed by atoms with Crippen molar-refractivity contribution in [1.29, 1.82) is 0 Å². The maximum Gasteiger partial charge on any atom is 0.337 e. The van der Waals surface area contributed by atoms with Gasteiger partial charge in [0, 0.05) is 4.90 Å². The third kappa shape index (κ3) is 3.43. The van der Waals surface area contributed by atoms with Gasteiger partial charge in [-0.1, -0.05) is 23.7 Å². The highest BCUT2D eigenvalue weighted by Crippen LogP contribution is 2.21. The van der Waals surface area contributed by atoms with Crippen molar-refractivity contribution in [3.05, 3.63) is 64.4 Å². The van der Waals surface area contributed by atoms with Crippen molar-refractivity contribution in [3.8, 4) is 0 Å². The number of benzene rings is 2. The molecule has 0 aliphatic carbocycles. The van der Waals surface area contributed by atoms with Gasteiger partial charge in [-0.3, -0.25) is 4.21 Å². The fourth-order valence-electron chi connectivity index (χ4n) is 1.67. The zero-order valence-corrected chi connectivity index (χ0v) is 11.7. The minimum absolute atomic E-state index is 0.0870. The van der Waals surface area contributed by atoms with Crippen LogP contribution in [0.4, 0.5) is 4.39 Å². The van der Waals surface area contributed by atoms with Gasteiger partial charge in [-0.25, -0.2) is 9.18 Å². The smallest absolute Gasteiger partial charge is 0.337 e. The van der Waals surface area contributed by atoms with Crippen LogP contribution in [-0.4, -0.2) is 15.3 Å². The van der Waals surface area contributed by atoms with Gasteiger partial charge in [-0.05, 0) is 35.9 Å². The number of carboxylic acid groups (broad SMARTS) is 1. The molecule has 0 radical (unpaired) electrons. The second-order valence-corrected chi connectivity index (χ2v) is 5.92. The summed E-state index contributed by atoms with van der Waals surface area (Å²) in [5, 5.41) is 9.05. The van der Waals surface area contributed by atoms with Crippen molar-refractivity contribution in [3.63, 3.8) is 0 Å². The Morgan fingerprint density at radius 3 is 2.65 bits per heavy atom. The van der Waals surface area contributed by atoms with Gasteiger partial charge in [-0.2, -0.15) is 0 Å². The van der Waals surface area contributed by atoms with E-state index in [0.717, 1.165) is 0 Å². The standard InChI is InChI=1S/C14H10ClFO3S/c15-13-5-4-11(7-12(13)14(17)18)20(19)8-9-2-1-3-10(16)6-9/h1-7H,8H2,(H,17,18). The molecule has 2 aromatic carbocycles. The summed E-state index contributed by atoms with van der Waals surface area (Å²) in [5.41, 5.74) is 0.479. The fraction of sp³-hybridized carbons (Fsp3) is 0.0714. The van der Waals surface area contributed by atoms with Crippen molar-refractivity contribution < 1.29 is 18.5 Å². The predicted molar refractivity (Wildman–Crippen MR) is 74.9 cm³/mol. The maximum absolute atomic E-state index is 13.0. The summed E-state index contributed by atoms with van der Waals surface area (Å²) >= 11 is 5.75. The number of hydrogen-bond donors (Lipinski definition) is 1.